The highest BCUT2D eigenvalue weighted by molar-refractivity contribution is 5.85. The van der Waals surface area contributed by atoms with Gasteiger partial charge in [-0.1, -0.05) is 23.3 Å². The van der Waals surface area contributed by atoms with Gasteiger partial charge in [-0.05, 0) is 89.4 Å². The molecule has 4 bridgehead atoms. The molecule has 0 aliphatic heterocycles. The zero-order chi connectivity index (χ0) is 16.9. The highest BCUT2D eigenvalue weighted by atomic mass is 35.5. The second-order valence-electron chi connectivity index (χ2n) is 8.99. The first-order valence-electron chi connectivity index (χ1n) is 10.3. The van der Waals surface area contributed by atoms with Crippen molar-refractivity contribution in [1.29, 1.82) is 0 Å². The van der Waals surface area contributed by atoms with Gasteiger partial charge in [0.25, 0.3) is 0 Å². The van der Waals surface area contributed by atoms with E-state index in [1.54, 1.807) is 6.42 Å². The highest BCUT2D eigenvalue weighted by Crippen LogP contribution is 2.53. The van der Waals surface area contributed by atoms with E-state index in [0.717, 1.165) is 49.3 Å². The van der Waals surface area contributed by atoms with Gasteiger partial charge < -0.3 is 10.6 Å². The Morgan fingerprint density at radius 1 is 0.846 bits per heavy atom. The lowest BCUT2D eigenvalue weighted by Gasteiger charge is -2.54. The molecule has 4 aliphatic rings. The zero-order valence-electron chi connectivity index (χ0n) is 16.9. The van der Waals surface area contributed by atoms with Crippen molar-refractivity contribution in [3.63, 3.8) is 0 Å². The van der Waals surface area contributed by atoms with Crippen molar-refractivity contribution in [3.8, 4) is 0 Å². The Balaban J connectivity index is 0.00000169. The number of nitrogens with one attached hydrogen (secondary N) is 2. The van der Waals surface area contributed by atoms with Crippen LogP contribution in [0.4, 0.5) is 0 Å². The average Bonchev–Trinajstić information content (AvgIpc) is 2.51. The molecule has 0 aromatic rings. The number of allylic oxidation sites excluding steroid dienone is 3. The van der Waals surface area contributed by atoms with Crippen molar-refractivity contribution in [3.05, 3.63) is 23.3 Å². The fourth-order valence-electron chi connectivity index (χ4n) is 5.62. The first kappa shape index (κ1) is 24.0. The van der Waals surface area contributed by atoms with Gasteiger partial charge in [-0.25, -0.2) is 0 Å². The summed E-state index contributed by atoms with van der Waals surface area (Å²) in [5.41, 5.74) is 2.94. The van der Waals surface area contributed by atoms with Crippen molar-refractivity contribution in [2.45, 2.75) is 71.8 Å². The monoisotopic (exact) mass is 402 g/mol. The summed E-state index contributed by atoms with van der Waals surface area (Å²) < 4.78 is 0. The van der Waals surface area contributed by atoms with Crippen LogP contribution in [0.5, 0.6) is 0 Å². The Kier molecular flexibility index (Phi) is 10.8. The molecule has 0 amide bonds. The lowest BCUT2D eigenvalue weighted by atomic mass is 9.54. The third-order valence-corrected chi connectivity index (χ3v) is 6.59. The van der Waals surface area contributed by atoms with Crippen molar-refractivity contribution >= 4 is 24.8 Å². The molecule has 2 N–H and O–H groups in total. The van der Waals surface area contributed by atoms with Crippen molar-refractivity contribution in [2.24, 2.45) is 23.7 Å². The number of hydrogen-bond acceptors (Lipinski definition) is 2. The maximum Gasteiger partial charge on any atom is 0.0137 e. The summed E-state index contributed by atoms with van der Waals surface area (Å²) in [6, 6.07) is 0.834. The SMILES string of the molecule is CC(C)=CCC/C(C)=C/CNCCNC1C2CC3CC(C2)CC1C3.Cl.Cl. The molecule has 4 heteroatoms. The quantitative estimate of drug-likeness (QED) is 0.391. The zero-order valence-corrected chi connectivity index (χ0v) is 18.6. The van der Waals surface area contributed by atoms with E-state index in [1.165, 1.54) is 49.7 Å². The molecule has 0 aromatic carbocycles. The van der Waals surface area contributed by atoms with E-state index in [0.29, 0.717) is 0 Å². The molecule has 0 saturated heterocycles. The highest BCUT2D eigenvalue weighted by Gasteiger charge is 2.47. The van der Waals surface area contributed by atoms with Gasteiger partial charge in [0.05, 0.1) is 0 Å². The molecular formula is C22H40Cl2N2. The van der Waals surface area contributed by atoms with E-state index in [1.807, 2.05) is 0 Å². The molecule has 2 nitrogen and oxygen atoms in total. The fraction of sp³-hybridized carbons (Fsp3) is 0.818. The van der Waals surface area contributed by atoms with Gasteiger partial charge in [0.1, 0.15) is 0 Å². The van der Waals surface area contributed by atoms with E-state index < -0.39 is 0 Å². The molecule has 0 atom stereocenters. The van der Waals surface area contributed by atoms with Gasteiger partial charge in [0, 0.05) is 25.7 Å². The Labute approximate surface area is 173 Å². The van der Waals surface area contributed by atoms with Crippen molar-refractivity contribution in [2.75, 3.05) is 19.6 Å². The fourth-order valence-corrected chi connectivity index (χ4v) is 5.62. The van der Waals surface area contributed by atoms with Crippen molar-refractivity contribution < 1.29 is 0 Å². The summed E-state index contributed by atoms with van der Waals surface area (Å²) in [5.74, 6) is 4.17. The largest absolute Gasteiger partial charge is 0.312 e. The molecular weight excluding hydrogens is 363 g/mol. The molecule has 0 aromatic heterocycles. The smallest absolute Gasteiger partial charge is 0.0137 e. The first-order chi connectivity index (χ1) is 11.6. The molecule has 0 spiro atoms. The van der Waals surface area contributed by atoms with Crippen LogP contribution in [0.25, 0.3) is 0 Å². The summed E-state index contributed by atoms with van der Waals surface area (Å²) in [6.07, 6.45) is 14.7. The lowest BCUT2D eigenvalue weighted by molar-refractivity contribution is -0.0133. The van der Waals surface area contributed by atoms with Crippen LogP contribution in [0.15, 0.2) is 23.3 Å². The molecule has 4 aliphatic carbocycles. The maximum absolute atomic E-state index is 3.91. The average molecular weight is 403 g/mol. The van der Waals surface area contributed by atoms with Gasteiger partial charge in [-0.15, -0.1) is 24.8 Å². The summed E-state index contributed by atoms with van der Waals surface area (Å²) in [4.78, 5) is 0. The van der Waals surface area contributed by atoms with Gasteiger partial charge in [-0.2, -0.15) is 0 Å². The lowest BCUT2D eigenvalue weighted by Crippen LogP contribution is -2.55. The summed E-state index contributed by atoms with van der Waals surface area (Å²) in [7, 11) is 0. The van der Waals surface area contributed by atoms with E-state index in [9.17, 15) is 0 Å². The van der Waals surface area contributed by atoms with Crippen LogP contribution < -0.4 is 10.6 Å². The van der Waals surface area contributed by atoms with Crippen LogP contribution in [0, 0.1) is 23.7 Å². The Bertz CT molecular complexity index is 441. The molecule has 4 fully saturated rings. The van der Waals surface area contributed by atoms with Crippen LogP contribution in [0.2, 0.25) is 0 Å². The van der Waals surface area contributed by atoms with E-state index >= 15 is 0 Å². The second-order valence-corrected chi connectivity index (χ2v) is 8.99. The molecule has 0 radical (unpaired) electrons. The van der Waals surface area contributed by atoms with Crippen LogP contribution in [0.3, 0.4) is 0 Å². The minimum atomic E-state index is 0. The second kappa shape index (κ2) is 11.7. The normalized spacial score (nSPS) is 32.0. The molecule has 0 heterocycles. The molecule has 26 heavy (non-hydrogen) atoms. The van der Waals surface area contributed by atoms with Crippen molar-refractivity contribution in [1.82, 2.24) is 10.6 Å². The van der Waals surface area contributed by atoms with E-state index in [2.05, 4.69) is 43.6 Å². The number of hydrogen-bond donors (Lipinski definition) is 2. The summed E-state index contributed by atoms with van der Waals surface area (Å²) >= 11 is 0. The molecule has 4 saturated carbocycles. The van der Waals surface area contributed by atoms with Crippen LogP contribution in [-0.2, 0) is 0 Å². The predicted octanol–water partition coefficient (Wildman–Crippen LogP) is 5.53. The van der Waals surface area contributed by atoms with Crippen LogP contribution >= 0.6 is 24.8 Å². The number of rotatable bonds is 9. The Morgan fingerprint density at radius 2 is 1.46 bits per heavy atom. The minimum absolute atomic E-state index is 0. The van der Waals surface area contributed by atoms with Gasteiger partial charge >= 0.3 is 0 Å². The predicted molar refractivity (Wildman–Crippen MR) is 119 cm³/mol. The third-order valence-electron chi connectivity index (χ3n) is 6.59. The Hall–Kier alpha value is -0.0200. The summed E-state index contributed by atoms with van der Waals surface area (Å²) in [5, 5.41) is 7.49. The number of halogens is 2. The van der Waals surface area contributed by atoms with Gasteiger partial charge in [-0.3, -0.25) is 0 Å². The first-order valence-corrected chi connectivity index (χ1v) is 10.3. The standard InChI is InChI=1S/C22H38N2.2ClH/c1-16(2)5-4-6-17(3)7-8-23-9-10-24-22-20-12-18-11-19(14-20)15-21(22)13-18;;/h5,7,18-24H,4,6,8-15H2,1-3H3;2*1H/b17-7+;;. The van der Waals surface area contributed by atoms with Crippen LogP contribution in [0.1, 0.15) is 65.7 Å². The Morgan fingerprint density at radius 3 is 2.04 bits per heavy atom. The molecule has 152 valence electrons. The van der Waals surface area contributed by atoms with Gasteiger partial charge in [0.2, 0.25) is 0 Å². The maximum atomic E-state index is 3.91. The van der Waals surface area contributed by atoms with Crippen LogP contribution in [-0.4, -0.2) is 25.7 Å². The topological polar surface area (TPSA) is 24.1 Å². The summed E-state index contributed by atoms with van der Waals surface area (Å²) in [6.45, 7) is 9.86. The van der Waals surface area contributed by atoms with E-state index in [4.69, 9.17) is 0 Å². The third kappa shape index (κ3) is 6.86. The van der Waals surface area contributed by atoms with Gasteiger partial charge in [0.15, 0.2) is 0 Å². The molecule has 0 unspecified atom stereocenters. The molecule has 4 rings (SSSR count). The minimum Gasteiger partial charge on any atom is -0.312 e. The van der Waals surface area contributed by atoms with E-state index in [-0.39, 0.29) is 24.8 Å².